The van der Waals surface area contributed by atoms with Gasteiger partial charge in [-0.25, -0.2) is 0 Å². The number of hydrogen-bond acceptors (Lipinski definition) is 0. The highest BCUT2D eigenvalue weighted by Crippen LogP contribution is 2.43. The van der Waals surface area contributed by atoms with Crippen molar-refractivity contribution in [1.29, 1.82) is 0 Å². The topological polar surface area (TPSA) is 0 Å². The van der Waals surface area contributed by atoms with Gasteiger partial charge in [0.15, 0.2) is 0 Å². The first kappa shape index (κ1) is 15.6. The highest BCUT2D eigenvalue weighted by atomic mass is 127. The molecule has 3 aromatic carbocycles. The van der Waals surface area contributed by atoms with Crippen LogP contribution < -0.4 is 15.9 Å². The molecule has 3 aromatic rings. The molecule has 0 saturated carbocycles. The average Bonchev–Trinajstić information content (AvgIpc) is 2.62. The maximum Gasteiger partial charge on any atom is 0.0189 e. The van der Waals surface area contributed by atoms with Crippen LogP contribution in [0.3, 0.4) is 0 Å². The van der Waals surface area contributed by atoms with Gasteiger partial charge in [0.05, 0.1) is 0 Å². The summed E-state index contributed by atoms with van der Waals surface area (Å²) in [4.78, 5) is 0. The van der Waals surface area contributed by atoms with Crippen molar-refractivity contribution in [3.05, 3.63) is 91.0 Å². The van der Waals surface area contributed by atoms with E-state index in [0.717, 1.165) is 4.43 Å². The molecule has 0 spiro atoms. The van der Waals surface area contributed by atoms with Crippen molar-refractivity contribution in [2.24, 2.45) is 0 Å². The summed E-state index contributed by atoms with van der Waals surface area (Å²) in [5.41, 5.74) is 0. The molecule has 0 N–H and O–H groups in total. The molecular weight excluding hydrogens is 398 g/mol. The van der Waals surface area contributed by atoms with E-state index in [-0.39, 0.29) is 0 Å². The maximum atomic E-state index is 2.52. The summed E-state index contributed by atoms with van der Waals surface area (Å²) in [6.07, 6.45) is 0. The molecule has 0 amide bonds. The normalized spacial score (nSPS) is 11.1. The van der Waals surface area contributed by atoms with E-state index in [0.29, 0.717) is 0 Å². The minimum atomic E-state index is -1.69. The summed E-state index contributed by atoms with van der Waals surface area (Å²) < 4.78 is 1.03. The van der Waals surface area contributed by atoms with Gasteiger partial charge in [-0.3, -0.25) is 0 Å². The van der Waals surface area contributed by atoms with E-state index in [1.54, 1.807) is 0 Å². The molecule has 22 heavy (non-hydrogen) atoms. The van der Waals surface area contributed by atoms with Gasteiger partial charge in [0, 0.05) is 4.43 Å². The van der Waals surface area contributed by atoms with E-state index < -0.39 is 6.89 Å². The Morgan fingerprint density at radius 3 is 1.18 bits per heavy atom. The predicted molar refractivity (Wildman–Crippen MR) is 110 cm³/mol. The Kier molecular flexibility index (Phi) is 5.17. The SMILES string of the molecule is ICC=P(c1ccccc1)(c1ccccc1)c1ccccc1. The summed E-state index contributed by atoms with van der Waals surface area (Å²) in [6, 6.07) is 32.8. The van der Waals surface area contributed by atoms with Crippen LogP contribution in [0.25, 0.3) is 0 Å². The molecule has 0 saturated heterocycles. The Morgan fingerprint density at radius 2 is 0.909 bits per heavy atom. The smallest absolute Gasteiger partial charge is 0.0189 e. The number of rotatable bonds is 4. The zero-order valence-corrected chi connectivity index (χ0v) is 15.3. The van der Waals surface area contributed by atoms with Gasteiger partial charge in [-0.15, -0.1) is 0 Å². The molecule has 0 unspecified atom stereocenters. The van der Waals surface area contributed by atoms with Gasteiger partial charge in [-0.05, 0) is 22.8 Å². The summed E-state index contributed by atoms with van der Waals surface area (Å²) in [7, 11) is 0. The monoisotopic (exact) mass is 416 g/mol. The second-order valence-electron chi connectivity index (χ2n) is 5.07. The van der Waals surface area contributed by atoms with E-state index in [4.69, 9.17) is 0 Å². The van der Waals surface area contributed by atoms with Gasteiger partial charge in [0.2, 0.25) is 0 Å². The van der Waals surface area contributed by atoms with Gasteiger partial charge < -0.3 is 0 Å². The van der Waals surface area contributed by atoms with Crippen LogP contribution in [0.2, 0.25) is 0 Å². The van der Waals surface area contributed by atoms with Crippen molar-refractivity contribution in [3.63, 3.8) is 0 Å². The average molecular weight is 416 g/mol. The third kappa shape index (κ3) is 2.93. The predicted octanol–water partition coefficient (Wildman–Crippen LogP) is 4.22. The fraction of sp³-hybridized carbons (Fsp3) is 0.0500. The van der Waals surface area contributed by atoms with Crippen LogP contribution in [0.1, 0.15) is 0 Å². The zero-order chi connectivity index (χ0) is 15.3. The fourth-order valence-electron chi connectivity index (χ4n) is 2.86. The lowest BCUT2D eigenvalue weighted by atomic mass is 10.4. The van der Waals surface area contributed by atoms with Gasteiger partial charge in [-0.1, -0.05) is 119 Å². The molecule has 0 radical (unpaired) electrons. The van der Waals surface area contributed by atoms with Gasteiger partial charge in [0.25, 0.3) is 0 Å². The molecule has 0 aliphatic heterocycles. The number of alkyl halides is 1. The zero-order valence-electron chi connectivity index (χ0n) is 12.3. The highest BCUT2D eigenvalue weighted by molar-refractivity contribution is 14.1. The molecule has 0 heterocycles. The molecule has 0 nitrogen and oxygen atoms in total. The molecular formula is C20H18IP. The van der Waals surface area contributed by atoms with E-state index in [9.17, 15) is 0 Å². The van der Waals surface area contributed by atoms with Crippen LogP contribution in [0.4, 0.5) is 0 Å². The quantitative estimate of drug-likeness (QED) is 0.340. The lowest BCUT2D eigenvalue weighted by Gasteiger charge is -2.28. The van der Waals surface area contributed by atoms with E-state index in [1.165, 1.54) is 15.9 Å². The van der Waals surface area contributed by atoms with Crippen molar-refractivity contribution >= 4 is 51.2 Å². The molecule has 0 aliphatic carbocycles. The minimum Gasteiger partial charge on any atom is -0.0818 e. The Morgan fingerprint density at radius 1 is 0.591 bits per heavy atom. The number of halogens is 1. The second kappa shape index (κ2) is 7.30. The van der Waals surface area contributed by atoms with Gasteiger partial charge >= 0.3 is 0 Å². The largest absolute Gasteiger partial charge is 0.0818 e. The van der Waals surface area contributed by atoms with Crippen LogP contribution in [-0.2, 0) is 0 Å². The van der Waals surface area contributed by atoms with Crippen molar-refractivity contribution in [3.8, 4) is 0 Å². The Balaban J connectivity index is 2.38. The van der Waals surface area contributed by atoms with Crippen molar-refractivity contribution in [1.82, 2.24) is 0 Å². The summed E-state index contributed by atoms with van der Waals surface area (Å²) in [5.74, 6) is 2.52. The van der Waals surface area contributed by atoms with Gasteiger partial charge in [0.1, 0.15) is 0 Å². The van der Waals surface area contributed by atoms with E-state index in [2.05, 4.69) is 119 Å². The lowest BCUT2D eigenvalue weighted by Crippen LogP contribution is -2.27. The fourth-order valence-corrected chi connectivity index (χ4v) is 8.29. The standard InChI is InChI=1S/C20H18IP/c21-16-17-22(18-10-4-1-5-11-18,19-12-6-2-7-13-19)20-14-8-3-9-15-20/h1-15,17H,16H2. The lowest BCUT2D eigenvalue weighted by molar-refractivity contribution is 1.73. The highest BCUT2D eigenvalue weighted by Gasteiger charge is 2.23. The van der Waals surface area contributed by atoms with Crippen LogP contribution in [0, 0.1) is 0 Å². The molecule has 3 rings (SSSR count). The molecule has 2 heteroatoms. The van der Waals surface area contributed by atoms with Crippen LogP contribution in [0.5, 0.6) is 0 Å². The van der Waals surface area contributed by atoms with Gasteiger partial charge in [-0.2, -0.15) is 0 Å². The Labute approximate surface area is 146 Å². The molecule has 0 bridgehead atoms. The molecule has 0 fully saturated rings. The number of benzene rings is 3. The third-order valence-corrected chi connectivity index (χ3v) is 9.04. The van der Waals surface area contributed by atoms with Crippen LogP contribution in [0.15, 0.2) is 91.0 Å². The first-order valence-electron chi connectivity index (χ1n) is 7.34. The molecule has 0 atom stereocenters. The van der Waals surface area contributed by atoms with Crippen molar-refractivity contribution in [2.75, 3.05) is 4.43 Å². The van der Waals surface area contributed by atoms with E-state index >= 15 is 0 Å². The van der Waals surface area contributed by atoms with Crippen LogP contribution in [-0.4, -0.2) is 10.2 Å². The van der Waals surface area contributed by atoms with Crippen molar-refractivity contribution < 1.29 is 0 Å². The number of hydrogen-bond donors (Lipinski definition) is 0. The maximum absolute atomic E-state index is 2.52. The summed E-state index contributed by atoms with van der Waals surface area (Å²) >= 11 is 2.47. The minimum absolute atomic E-state index is 1.03. The van der Waals surface area contributed by atoms with E-state index in [1.807, 2.05) is 0 Å². The third-order valence-electron chi connectivity index (χ3n) is 3.83. The first-order valence-corrected chi connectivity index (χ1v) is 10.7. The van der Waals surface area contributed by atoms with Crippen LogP contribution >= 0.6 is 29.5 Å². The molecule has 110 valence electrons. The Hall–Kier alpha value is -1.31. The second-order valence-corrected chi connectivity index (χ2v) is 9.31. The molecule has 0 aliphatic rings. The summed E-state index contributed by atoms with van der Waals surface area (Å²) in [6.45, 7) is -1.69. The first-order chi connectivity index (χ1) is 10.9. The summed E-state index contributed by atoms with van der Waals surface area (Å²) in [5, 5.41) is 4.26. The Bertz CT molecular complexity index is 661. The molecule has 0 aromatic heterocycles. The van der Waals surface area contributed by atoms with Crippen molar-refractivity contribution in [2.45, 2.75) is 0 Å².